The Morgan fingerprint density at radius 1 is 0.833 bits per heavy atom. The van der Waals surface area contributed by atoms with Crippen LogP contribution in [0.2, 0.25) is 0 Å². The molecule has 0 aromatic rings. The van der Waals surface area contributed by atoms with E-state index >= 15 is 0 Å². The quantitative estimate of drug-likeness (QED) is 0.613. The van der Waals surface area contributed by atoms with E-state index in [0.717, 1.165) is 31.6 Å². The Hall–Kier alpha value is -0.200. The van der Waals surface area contributed by atoms with Crippen molar-refractivity contribution in [3.8, 4) is 0 Å². The highest BCUT2D eigenvalue weighted by Gasteiger charge is 2.62. The molecule has 2 bridgehead atoms. The third-order valence-electron chi connectivity index (χ3n) is 8.80. The van der Waals surface area contributed by atoms with Crippen LogP contribution >= 0.6 is 0 Å². The molecule has 3 saturated carbocycles. The van der Waals surface area contributed by atoms with Crippen LogP contribution in [0.4, 0.5) is 0 Å². The van der Waals surface area contributed by atoms with Gasteiger partial charge in [-0.3, -0.25) is 0 Å². The average molecular weight is 421 g/mol. The standard InChI is InChI=1S/C25H44N2O3/c1-17-13-18-7-6-8-19(14-18)25(17)28-24(29-30-25)11-9-20(10-12-24)26-21-15-22(2,3)27-23(4,5)16-21/h17-21,26-27H,6-16H2,1-5H3. The topological polar surface area (TPSA) is 51.8 Å². The Kier molecular flexibility index (Phi) is 5.35. The smallest absolute Gasteiger partial charge is 0.210 e. The number of ether oxygens (including phenoxy) is 1. The molecule has 0 amide bonds. The zero-order chi connectivity index (χ0) is 21.2. The first-order valence-electron chi connectivity index (χ1n) is 12.7. The summed E-state index contributed by atoms with van der Waals surface area (Å²) in [5.41, 5.74) is 0.365. The second-order valence-corrected chi connectivity index (χ2v) is 12.7. The minimum absolute atomic E-state index is 0.183. The molecule has 0 radical (unpaired) electrons. The molecule has 2 aliphatic heterocycles. The molecule has 2 saturated heterocycles. The van der Waals surface area contributed by atoms with E-state index < -0.39 is 11.6 Å². The van der Waals surface area contributed by atoms with Gasteiger partial charge in [0.15, 0.2) is 0 Å². The van der Waals surface area contributed by atoms with Gasteiger partial charge in [-0.05, 0) is 78.6 Å². The summed E-state index contributed by atoms with van der Waals surface area (Å²) in [5.74, 6) is 0.806. The van der Waals surface area contributed by atoms with Gasteiger partial charge in [0.2, 0.25) is 11.6 Å². The fourth-order valence-electron chi connectivity index (χ4n) is 7.92. The number of hydrogen-bond donors (Lipinski definition) is 2. The highest BCUT2D eigenvalue weighted by Crippen LogP contribution is 2.57. The van der Waals surface area contributed by atoms with E-state index in [1.807, 2.05) is 0 Å². The minimum Gasteiger partial charge on any atom is -0.312 e. The molecule has 5 nitrogen and oxygen atoms in total. The molecule has 30 heavy (non-hydrogen) atoms. The van der Waals surface area contributed by atoms with Crippen LogP contribution in [0.1, 0.15) is 105 Å². The molecule has 2 spiro atoms. The first kappa shape index (κ1) is 21.6. The molecule has 4 unspecified atom stereocenters. The van der Waals surface area contributed by atoms with Crippen LogP contribution in [0.15, 0.2) is 0 Å². The predicted molar refractivity (Wildman–Crippen MR) is 118 cm³/mol. The van der Waals surface area contributed by atoms with Crippen LogP contribution in [0, 0.1) is 17.8 Å². The van der Waals surface area contributed by atoms with Crippen LogP contribution in [-0.2, 0) is 14.5 Å². The van der Waals surface area contributed by atoms with E-state index in [1.54, 1.807) is 0 Å². The Morgan fingerprint density at radius 3 is 2.23 bits per heavy atom. The zero-order valence-electron chi connectivity index (χ0n) is 19.9. The summed E-state index contributed by atoms with van der Waals surface area (Å²) in [7, 11) is 0. The molecular weight excluding hydrogens is 376 g/mol. The number of piperidine rings is 1. The summed E-state index contributed by atoms with van der Waals surface area (Å²) in [6.07, 6.45) is 12.9. The number of nitrogens with one attached hydrogen (secondary N) is 2. The van der Waals surface area contributed by atoms with Crippen molar-refractivity contribution >= 4 is 0 Å². The van der Waals surface area contributed by atoms with Crippen molar-refractivity contribution in [2.75, 3.05) is 0 Å². The predicted octanol–water partition coefficient (Wildman–Crippen LogP) is 5.05. The molecule has 0 aromatic carbocycles. The van der Waals surface area contributed by atoms with Gasteiger partial charge in [0.1, 0.15) is 0 Å². The van der Waals surface area contributed by atoms with Gasteiger partial charge < -0.3 is 15.4 Å². The number of rotatable bonds is 2. The van der Waals surface area contributed by atoms with E-state index in [0.29, 0.717) is 23.9 Å². The summed E-state index contributed by atoms with van der Waals surface area (Å²) < 4.78 is 6.84. The largest absolute Gasteiger partial charge is 0.312 e. The van der Waals surface area contributed by atoms with Crippen molar-refractivity contribution in [2.24, 2.45) is 17.8 Å². The van der Waals surface area contributed by atoms with Gasteiger partial charge in [-0.1, -0.05) is 19.8 Å². The number of fused-ring (bicyclic) bond motifs is 3. The van der Waals surface area contributed by atoms with E-state index in [2.05, 4.69) is 45.3 Å². The lowest BCUT2D eigenvalue weighted by Crippen LogP contribution is -2.62. The Balaban J connectivity index is 1.19. The van der Waals surface area contributed by atoms with Gasteiger partial charge >= 0.3 is 0 Å². The first-order chi connectivity index (χ1) is 14.1. The third kappa shape index (κ3) is 3.98. The molecule has 2 heterocycles. The van der Waals surface area contributed by atoms with Crippen LogP contribution < -0.4 is 10.6 Å². The lowest BCUT2D eigenvalue weighted by Gasteiger charge is -2.49. The van der Waals surface area contributed by atoms with Gasteiger partial charge in [-0.25, -0.2) is 0 Å². The van der Waals surface area contributed by atoms with E-state index in [9.17, 15) is 0 Å². The molecule has 0 aromatic heterocycles. The Bertz CT molecular complexity index is 624. The maximum atomic E-state index is 6.84. The molecule has 3 aliphatic carbocycles. The lowest BCUT2D eigenvalue weighted by atomic mass is 9.64. The SMILES string of the molecule is CC1CC2CCCC(C2)C12OOC1(CCC(NC3CC(C)(C)NC(C)(C)C3)CC1)O2. The molecule has 172 valence electrons. The second kappa shape index (κ2) is 7.41. The molecule has 5 heteroatoms. The maximum absolute atomic E-state index is 6.84. The van der Waals surface area contributed by atoms with Crippen LogP contribution in [0.3, 0.4) is 0 Å². The molecule has 4 atom stereocenters. The molecule has 5 fully saturated rings. The summed E-state index contributed by atoms with van der Waals surface area (Å²) in [5, 5.41) is 7.79. The summed E-state index contributed by atoms with van der Waals surface area (Å²) in [6.45, 7) is 11.6. The highest BCUT2D eigenvalue weighted by atomic mass is 17.3. The first-order valence-corrected chi connectivity index (χ1v) is 12.7. The molecule has 5 aliphatic rings. The minimum atomic E-state index is -0.511. The van der Waals surface area contributed by atoms with Gasteiger partial charge in [-0.2, -0.15) is 9.78 Å². The van der Waals surface area contributed by atoms with E-state index in [1.165, 1.54) is 44.9 Å². The van der Waals surface area contributed by atoms with Crippen LogP contribution in [-0.4, -0.2) is 34.7 Å². The van der Waals surface area contributed by atoms with Crippen LogP contribution in [0.5, 0.6) is 0 Å². The van der Waals surface area contributed by atoms with Crippen molar-refractivity contribution < 1.29 is 14.5 Å². The third-order valence-corrected chi connectivity index (χ3v) is 8.80. The van der Waals surface area contributed by atoms with Crippen molar-refractivity contribution in [3.63, 3.8) is 0 Å². The molecule has 5 rings (SSSR count). The highest BCUT2D eigenvalue weighted by molar-refractivity contribution is 5.02. The molecular formula is C25H44N2O3. The fourth-order valence-corrected chi connectivity index (χ4v) is 7.92. The normalized spacial score (nSPS) is 48.3. The Labute approximate surface area is 183 Å². The van der Waals surface area contributed by atoms with Crippen molar-refractivity contribution in [2.45, 2.75) is 140 Å². The average Bonchev–Trinajstić information content (AvgIpc) is 3.01. The van der Waals surface area contributed by atoms with Crippen LogP contribution in [0.25, 0.3) is 0 Å². The summed E-state index contributed by atoms with van der Waals surface area (Å²) in [4.78, 5) is 12.2. The second-order valence-electron chi connectivity index (χ2n) is 12.7. The van der Waals surface area contributed by atoms with Crippen molar-refractivity contribution in [3.05, 3.63) is 0 Å². The zero-order valence-corrected chi connectivity index (χ0v) is 19.9. The number of hydrogen-bond acceptors (Lipinski definition) is 5. The summed E-state index contributed by atoms with van der Waals surface area (Å²) in [6, 6.07) is 1.12. The van der Waals surface area contributed by atoms with Crippen molar-refractivity contribution in [1.29, 1.82) is 0 Å². The maximum Gasteiger partial charge on any atom is 0.210 e. The summed E-state index contributed by atoms with van der Waals surface area (Å²) >= 11 is 0. The Morgan fingerprint density at radius 2 is 1.53 bits per heavy atom. The monoisotopic (exact) mass is 420 g/mol. The fraction of sp³-hybridized carbons (Fsp3) is 1.00. The van der Waals surface area contributed by atoms with Gasteiger partial charge in [0.25, 0.3) is 0 Å². The van der Waals surface area contributed by atoms with Crippen molar-refractivity contribution in [1.82, 2.24) is 10.6 Å². The molecule has 2 N–H and O–H groups in total. The van der Waals surface area contributed by atoms with E-state index in [4.69, 9.17) is 14.5 Å². The van der Waals surface area contributed by atoms with E-state index in [-0.39, 0.29) is 11.1 Å². The van der Waals surface area contributed by atoms with Gasteiger partial charge in [-0.15, -0.1) is 0 Å². The van der Waals surface area contributed by atoms with Gasteiger partial charge in [0.05, 0.1) is 0 Å². The van der Waals surface area contributed by atoms with Gasteiger partial charge in [0, 0.05) is 47.8 Å². The lowest BCUT2D eigenvalue weighted by molar-refractivity contribution is -0.379.